The molecule has 0 saturated carbocycles. The number of nitrogens with two attached hydrogens (primary N) is 1. The molecule has 0 aliphatic carbocycles. The summed E-state index contributed by atoms with van der Waals surface area (Å²) in [4.78, 5) is 39.5. The Kier molecular flexibility index (Phi) is 7.27. The van der Waals surface area contributed by atoms with Crippen molar-refractivity contribution in [1.82, 2.24) is 10.3 Å². The summed E-state index contributed by atoms with van der Waals surface area (Å²) in [6.45, 7) is 1.60. The summed E-state index contributed by atoms with van der Waals surface area (Å²) in [7, 11) is 0. The van der Waals surface area contributed by atoms with Gasteiger partial charge in [0.1, 0.15) is 6.61 Å². The normalized spacial score (nSPS) is 10.2. The van der Waals surface area contributed by atoms with Gasteiger partial charge in [-0.15, -0.1) is 0 Å². The monoisotopic (exact) mass is 391 g/mol. The zero-order chi connectivity index (χ0) is 19.8. The molecule has 142 valence electrons. The highest BCUT2D eigenvalue weighted by Crippen LogP contribution is 2.21. The van der Waals surface area contributed by atoms with Gasteiger partial charge in [-0.25, -0.2) is 9.78 Å². The molecule has 0 aliphatic heterocycles. The van der Waals surface area contributed by atoms with Crippen LogP contribution in [0.2, 0.25) is 5.02 Å². The van der Waals surface area contributed by atoms with Crippen molar-refractivity contribution in [1.29, 1.82) is 0 Å². The van der Waals surface area contributed by atoms with Crippen LogP contribution in [0, 0.1) is 0 Å². The van der Waals surface area contributed by atoms with E-state index in [0.717, 1.165) is 5.56 Å². The number of hydrogen-bond acceptors (Lipinski definition) is 7. The molecular formula is C18H18ClN3O5. The Labute approximate surface area is 160 Å². The van der Waals surface area contributed by atoms with Gasteiger partial charge in [0.25, 0.3) is 5.91 Å². The average Bonchev–Trinajstić information content (AvgIpc) is 2.67. The number of amides is 2. The van der Waals surface area contributed by atoms with Crippen LogP contribution < -0.4 is 15.8 Å². The van der Waals surface area contributed by atoms with Gasteiger partial charge in [-0.1, -0.05) is 23.7 Å². The molecule has 0 atom stereocenters. The van der Waals surface area contributed by atoms with Crippen LogP contribution in [0.1, 0.15) is 33.3 Å². The zero-order valence-corrected chi connectivity index (χ0v) is 15.3. The average molecular weight is 392 g/mol. The van der Waals surface area contributed by atoms with E-state index in [1.165, 1.54) is 12.3 Å². The fourth-order valence-electron chi connectivity index (χ4n) is 2.03. The van der Waals surface area contributed by atoms with Crippen LogP contribution >= 0.6 is 11.6 Å². The van der Waals surface area contributed by atoms with Gasteiger partial charge in [0.2, 0.25) is 5.91 Å². The van der Waals surface area contributed by atoms with E-state index in [1.807, 2.05) is 0 Å². The van der Waals surface area contributed by atoms with Crippen LogP contribution in [0.25, 0.3) is 0 Å². The van der Waals surface area contributed by atoms with Gasteiger partial charge in [0.15, 0.2) is 11.4 Å². The van der Waals surface area contributed by atoms with Gasteiger partial charge >= 0.3 is 5.97 Å². The highest BCUT2D eigenvalue weighted by atomic mass is 35.5. The molecular weight excluding hydrogens is 374 g/mol. The third-order valence-corrected chi connectivity index (χ3v) is 3.58. The maximum Gasteiger partial charge on any atom is 0.339 e. The molecule has 0 aliphatic rings. The minimum Gasteiger partial charge on any atom is -0.486 e. The molecule has 0 bridgehead atoms. The van der Waals surface area contributed by atoms with E-state index >= 15 is 0 Å². The molecule has 3 N–H and O–H groups in total. The van der Waals surface area contributed by atoms with E-state index in [9.17, 15) is 14.4 Å². The molecule has 27 heavy (non-hydrogen) atoms. The topological polar surface area (TPSA) is 121 Å². The maximum absolute atomic E-state index is 12.2. The number of ether oxygens (including phenoxy) is 2. The molecule has 1 heterocycles. The Hall–Kier alpha value is -2.97. The minimum absolute atomic E-state index is 0.0258. The molecule has 2 rings (SSSR count). The van der Waals surface area contributed by atoms with Gasteiger partial charge in [-0.3, -0.25) is 14.9 Å². The van der Waals surface area contributed by atoms with Gasteiger partial charge in [-0.05, 0) is 30.7 Å². The van der Waals surface area contributed by atoms with Gasteiger partial charge in [0.05, 0.1) is 18.7 Å². The number of nitrogens with one attached hydrogen (secondary N) is 1. The Balaban J connectivity index is 2.28. The summed E-state index contributed by atoms with van der Waals surface area (Å²) in [6, 6.07) is 8.23. The summed E-state index contributed by atoms with van der Waals surface area (Å²) in [5, 5.41) is 2.66. The number of nitrogens with zero attached hydrogens (tertiary/aromatic N) is 1. The maximum atomic E-state index is 12.2. The van der Waals surface area contributed by atoms with Crippen LogP contribution in [0.4, 0.5) is 0 Å². The summed E-state index contributed by atoms with van der Waals surface area (Å²) >= 11 is 5.85. The Morgan fingerprint density at radius 1 is 1.22 bits per heavy atom. The lowest BCUT2D eigenvalue weighted by Crippen LogP contribution is -2.36. The first-order chi connectivity index (χ1) is 12.9. The van der Waals surface area contributed by atoms with Crippen molar-refractivity contribution in [2.45, 2.75) is 13.5 Å². The second-order valence-corrected chi connectivity index (χ2v) is 5.72. The molecule has 0 unspecified atom stereocenters. The van der Waals surface area contributed by atoms with E-state index in [0.29, 0.717) is 5.02 Å². The summed E-state index contributed by atoms with van der Waals surface area (Å²) < 4.78 is 10.6. The van der Waals surface area contributed by atoms with E-state index in [1.54, 1.807) is 31.2 Å². The first kappa shape index (κ1) is 20.3. The molecule has 0 saturated heterocycles. The number of aromatic nitrogens is 1. The van der Waals surface area contributed by atoms with Gasteiger partial charge in [0, 0.05) is 11.2 Å². The highest BCUT2D eigenvalue weighted by molar-refractivity contribution is 6.30. The Morgan fingerprint density at radius 2 is 1.93 bits per heavy atom. The number of esters is 1. The van der Waals surface area contributed by atoms with Crippen molar-refractivity contribution in [2.75, 3.05) is 13.2 Å². The van der Waals surface area contributed by atoms with Crippen molar-refractivity contribution in [3.63, 3.8) is 0 Å². The predicted molar refractivity (Wildman–Crippen MR) is 97.5 cm³/mol. The Morgan fingerprint density at radius 3 is 2.56 bits per heavy atom. The SMILES string of the molecule is CCOC(=O)c1cnc(C(=O)NC(=O)CN)c(OCc2ccc(Cl)cc2)c1. The highest BCUT2D eigenvalue weighted by Gasteiger charge is 2.20. The van der Waals surface area contributed by atoms with Crippen LogP contribution in [-0.2, 0) is 16.1 Å². The second kappa shape index (κ2) is 9.65. The number of halogens is 1. The first-order valence-electron chi connectivity index (χ1n) is 8.03. The first-order valence-corrected chi connectivity index (χ1v) is 8.41. The predicted octanol–water partition coefficient (Wildman–Crippen LogP) is 1.71. The van der Waals surface area contributed by atoms with Crippen molar-refractivity contribution < 1.29 is 23.9 Å². The number of carbonyl (C=O) groups is 3. The molecule has 8 nitrogen and oxygen atoms in total. The lowest BCUT2D eigenvalue weighted by Gasteiger charge is -2.12. The fraction of sp³-hybridized carbons (Fsp3) is 0.222. The molecule has 2 aromatic rings. The number of benzene rings is 1. The number of imide groups is 1. The van der Waals surface area contributed by atoms with E-state index in [2.05, 4.69) is 10.3 Å². The lowest BCUT2D eigenvalue weighted by atomic mass is 10.2. The lowest BCUT2D eigenvalue weighted by molar-refractivity contribution is -0.118. The van der Waals surface area contributed by atoms with Gasteiger partial charge in [-0.2, -0.15) is 0 Å². The van der Waals surface area contributed by atoms with Crippen LogP contribution in [0.3, 0.4) is 0 Å². The number of carbonyl (C=O) groups excluding carboxylic acids is 3. The summed E-state index contributed by atoms with van der Waals surface area (Å²) in [6.07, 6.45) is 1.18. The van der Waals surface area contributed by atoms with Crippen molar-refractivity contribution in [3.05, 3.63) is 58.4 Å². The quantitative estimate of drug-likeness (QED) is 0.689. The second-order valence-electron chi connectivity index (χ2n) is 5.29. The van der Waals surface area contributed by atoms with Crippen molar-refractivity contribution >= 4 is 29.4 Å². The molecule has 0 spiro atoms. The number of rotatable bonds is 7. The molecule has 1 aromatic carbocycles. The smallest absolute Gasteiger partial charge is 0.339 e. The summed E-state index contributed by atoms with van der Waals surface area (Å²) in [5.74, 6) is -2.03. The molecule has 2 amide bonds. The molecule has 9 heteroatoms. The Bertz CT molecular complexity index is 839. The standard InChI is InChI=1S/C18H18ClN3O5/c1-2-26-18(25)12-7-14(27-10-11-3-5-13(19)6-4-11)16(21-9-12)17(24)22-15(23)8-20/h3-7,9H,2,8,10,20H2,1H3,(H,22,23,24). The minimum atomic E-state index is -0.785. The fourth-order valence-corrected chi connectivity index (χ4v) is 2.16. The molecule has 0 fully saturated rings. The van der Waals surface area contributed by atoms with Crippen LogP contribution in [0.5, 0.6) is 5.75 Å². The third kappa shape index (κ3) is 5.77. The van der Waals surface area contributed by atoms with Crippen molar-refractivity contribution in [2.24, 2.45) is 5.73 Å². The number of hydrogen-bond donors (Lipinski definition) is 2. The number of pyridine rings is 1. The van der Waals surface area contributed by atoms with E-state index in [-0.39, 0.29) is 36.8 Å². The molecule has 1 aromatic heterocycles. The summed E-state index contributed by atoms with van der Waals surface area (Å²) in [5.41, 5.74) is 5.94. The van der Waals surface area contributed by atoms with Crippen LogP contribution in [-0.4, -0.2) is 35.9 Å². The zero-order valence-electron chi connectivity index (χ0n) is 14.5. The third-order valence-electron chi connectivity index (χ3n) is 3.32. The largest absolute Gasteiger partial charge is 0.486 e. The van der Waals surface area contributed by atoms with Crippen molar-refractivity contribution in [3.8, 4) is 5.75 Å². The van der Waals surface area contributed by atoms with E-state index < -0.39 is 17.8 Å². The van der Waals surface area contributed by atoms with E-state index in [4.69, 9.17) is 26.8 Å². The van der Waals surface area contributed by atoms with Crippen LogP contribution in [0.15, 0.2) is 36.5 Å². The molecule has 0 radical (unpaired) electrons. The van der Waals surface area contributed by atoms with Gasteiger partial charge < -0.3 is 15.2 Å².